The van der Waals surface area contributed by atoms with Crippen molar-refractivity contribution in [2.45, 2.75) is 19.4 Å². The summed E-state index contributed by atoms with van der Waals surface area (Å²) in [5.41, 5.74) is 4.38. The molecule has 1 aliphatic heterocycles. The Bertz CT molecular complexity index is 1440. The van der Waals surface area contributed by atoms with Crippen molar-refractivity contribution in [1.82, 2.24) is 5.32 Å². The van der Waals surface area contributed by atoms with Gasteiger partial charge in [-0.2, -0.15) is 0 Å². The van der Waals surface area contributed by atoms with Gasteiger partial charge in [0.05, 0.1) is 24.3 Å². The van der Waals surface area contributed by atoms with Crippen LogP contribution in [0.15, 0.2) is 88.0 Å². The van der Waals surface area contributed by atoms with Crippen LogP contribution in [0.5, 0.6) is 5.75 Å². The molecule has 0 bridgehead atoms. The Hall–Kier alpha value is -3.71. The monoisotopic (exact) mass is 533 g/mol. The first-order chi connectivity index (χ1) is 16.9. The summed E-state index contributed by atoms with van der Waals surface area (Å²) in [6.07, 6.45) is 0. The average Bonchev–Trinajstić information content (AvgIpc) is 3.14. The molecule has 0 spiro atoms. The fourth-order valence-electron chi connectivity index (χ4n) is 4.67. The summed E-state index contributed by atoms with van der Waals surface area (Å²) >= 11 is 3.51. The van der Waals surface area contributed by atoms with Gasteiger partial charge in [-0.3, -0.25) is 4.79 Å². The number of ketones is 1. The molecule has 0 aromatic heterocycles. The number of methoxy groups -OCH3 is 1. The maximum absolute atomic E-state index is 14.2. The van der Waals surface area contributed by atoms with Gasteiger partial charge in [0.2, 0.25) is 0 Å². The van der Waals surface area contributed by atoms with Crippen LogP contribution in [-0.2, 0) is 16.1 Å². The van der Waals surface area contributed by atoms with E-state index < -0.39 is 11.9 Å². The first kappa shape index (κ1) is 23.1. The standard InChI is InChI=1S/C28H21BrFNO4/c1-15-23(28(33)34-2)24(25-26(31-15)18-8-4-5-9-19(18)27(25)32)20-13-17(29)11-12-22(20)35-14-16-7-3-6-10-21(16)30/h3-13,24,31H,14H2,1-2H3/t24-/m0/s1. The van der Waals surface area contributed by atoms with Crippen LogP contribution in [0.4, 0.5) is 4.39 Å². The van der Waals surface area contributed by atoms with E-state index in [0.29, 0.717) is 45.0 Å². The first-order valence-electron chi connectivity index (χ1n) is 11.0. The van der Waals surface area contributed by atoms with Crippen LogP contribution in [-0.4, -0.2) is 18.9 Å². The van der Waals surface area contributed by atoms with Gasteiger partial charge in [-0.15, -0.1) is 0 Å². The molecule has 3 aromatic rings. The van der Waals surface area contributed by atoms with Gasteiger partial charge in [-0.25, -0.2) is 9.18 Å². The zero-order chi connectivity index (χ0) is 24.7. The number of carbonyl (C=O) groups is 2. The molecule has 1 atom stereocenters. The molecule has 0 unspecified atom stereocenters. The number of hydrogen-bond acceptors (Lipinski definition) is 5. The van der Waals surface area contributed by atoms with Crippen molar-refractivity contribution in [3.05, 3.63) is 116 Å². The minimum Gasteiger partial charge on any atom is -0.488 e. The number of carbonyl (C=O) groups excluding carboxylic acids is 2. The molecule has 3 aromatic carbocycles. The molecule has 0 amide bonds. The van der Waals surface area contributed by atoms with E-state index in [1.807, 2.05) is 24.3 Å². The Morgan fingerprint density at radius 2 is 1.77 bits per heavy atom. The van der Waals surface area contributed by atoms with Crippen molar-refractivity contribution in [3.8, 4) is 5.75 Å². The number of esters is 1. The Morgan fingerprint density at radius 3 is 2.51 bits per heavy atom. The number of benzene rings is 3. The second kappa shape index (κ2) is 9.15. The Labute approximate surface area is 210 Å². The van der Waals surface area contributed by atoms with E-state index in [-0.39, 0.29) is 18.2 Å². The molecule has 0 fully saturated rings. The third kappa shape index (κ3) is 3.96. The highest BCUT2D eigenvalue weighted by Crippen LogP contribution is 2.49. The summed E-state index contributed by atoms with van der Waals surface area (Å²) < 4.78 is 26.2. The number of fused-ring (bicyclic) bond motifs is 2. The molecule has 0 radical (unpaired) electrons. The highest BCUT2D eigenvalue weighted by atomic mass is 79.9. The fraction of sp³-hybridized carbons (Fsp3) is 0.143. The largest absolute Gasteiger partial charge is 0.488 e. The first-order valence-corrected chi connectivity index (χ1v) is 11.8. The number of halogens is 2. The van der Waals surface area contributed by atoms with E-state index in [0.717, 1.165) is 10.0 Å². The van der Waals surface area contributed by atoms with Gasteiger partial charge in [0.15, 0.2) is 5.78 Å². The predicted octanol–water partition coefficient (Wildman–Crippen LogP) is 5.91. The predicted molar refractivity (Wildman–Crippen MR) is 133 cm³/mol. The number of Topliss-reactive ketones (excluding diaryl/α,β-unsaturated/α-hetero) is 1. The number of ether oxygens (including phenoxy) is 2. The van der Waals surface area contributed by atoms with Crippen LogP contribution < -0.4 is 10.1 Å². The van der Waals surface area contributed by atoms with E-state index in [1.165, 1.54) is 13.2 Å². The molecule has 2 aliphatic rings. The molecular weight excluding hydrogens is 513 g/mol. The molecule has 0 saturated heterocycles. The third-order valence-corrected chi connectivity index (χ3v) is 6.77. The van der Waals surface area contributed by atoms with E-state index in [2.05, 4.69) is 21.2 Å². The molecule has 1 aliphatic carbocycles. The SMILES string of the molecule is COC(=O)C1=C(C)NC2=C(C(=O)c3ccccc32)[C@H]1c1cc(Br)ccc1OCc1ccccc1F. The molecule has 0 saturated carbocycles. The van der Waals surface area contributed by atoms with Gasteiger partial charge in [-0.05, 0) is 31.2 Å². The van der Waals surface area contributed by atoms with Crippen molar-refractivity contribution >= 4 is 33.4 Å². The highest BCUT2D eigenvalue weighted by Gasteiger charge is 2.43. The molecule has 5 nitrogen and oxygen atoms in total. The van der Waals surface area contributed by atoms with E-state index in [4.69, 9.17) is 9.47 Å². The highest BCUT2D eigenvalue weighted by molar-refractivity contribution is 9.10. The second-order valence-electron chi connectivity index (χ2n) is 8.31. The molecule has 1 heterocycles. The Balaban J connectivity index is 1.66. The van der Waals surface area contributed by atoms with Gasteiger partial charge in [0, 0.05) is 38.0 Å². The number of nitrogens with one attached hydrogen (secondary N) is 1. The van der Waals surface area contributed by atoms with Crippen LogP contribution in [0.3, 0.4) is 0 Å². The van der Waals surface area contributed by atoms with Crippen LogP contribution in [0.2, 0.25) is 0 Å². The Morgan fingerprint density at radius 1 is 1.06 bits per heavy atom. The zero-order valence-electron chi connectivity index (χ0n) is 19.0. The number of dihydropyridines is 1. The maximum atomic E-state index is 14.2. The van der Waals surface area contributed by atoms with Crippen LogP contribution in [0.25, 0.3) is 5.70 Å². The summed E-state index contributed by atoms with van der Waals surface area (Å²) in [5, 5.41) is 3.26. The van der Waals surface area contributed by atoms with Crippen molar-refractivity contribution in [2.24, 2.45) is 0 Å². The van der Waals surface area contributed by atoms with E-state index in [9.17, 15) is 14.0 Å². The molecule has 1 N–H and O–H groups in total. The number of allylic oxidation sites excluding steroid dienone is 2. The van der Waals surface area contributed by atoms with Gasteiger partial charge in [0.25, 0.3) is 0 Å². The molecule has 5 rings (SSSR count). The third-order valence-electron chi connectivity index (χ3n) is 6.28. The number of rotatable bonds is 5. The van der Waals surface area contributed by atoms with Crippen LogP contribution in [0, 0.1) is 5.82 Å². The van der Waals surface area contributed by atoms with Crippen LogP contribution >= 0.6 is 15.9 Å². The van der Waals surface area contributed by atoms with E-state index in [1.54, 1.807) is 43.3 Å². The zero-order valence-corrected chi connectivity index (χ0v) is 20.6. The van der Waals surface area contributed by atoms with E-state index >= 15 is 0 Å². The summed E-state index contributed by atoms with van der Waals surface area (Å²) in [7, 11) is 1.31. The fourth-order valence-corrected chi connectivity index (χ4v) is 5.05. The average molecular weight is 534 g/mol. The van der Waals surface area contributed by atoms with Crippen molar-refractivity contribution in [1.29, 1.82) is 0 Å². The topological polar surface area (TPSA) is 64.6 Å². The molecule has 176 valence electrons. The normalized spacial score (nSPS) is 16.6. The quantitative estimate of drug-likeness (QED) is 0.413. The van der Waals surface area contributed by atoms with Gasteiger partial charge in [-0.1, -0.05) is 58.4 Å². The van der Waals surface area contributed by atoms with Gasteiger partial charge >= 0.3 is 5.97 Å². The lowest BCUT2D eigenvalue weighted by Gasteiger charge is -2.30. The molecular formula is C28H21BrFNO4. The van der Waals surface area contributed by atoms with Crippen molar-refractivity contribution in [3.63, 3.8) is 0 Å². The summed E-state index contributed by atoms with van der Waals surface area (Å²) in [4.78, 5) is 26.6. The summed E-state index contributed by atoms with van der Waals surface area (Å²) in [6.45, 7) is 1.77. The molecule has 7 heteroatoms. The second-order valence-corrected chi connectivity index (χ2v) is 9.23. The summed E-state index contributed by atoms with van der Waals surface area (Å²) in [5.74, 6) is -1.39. The van der Waals surface area contributed by atoms with Crippen LogP contribution in [0.1, 0.15) is 39.9 Å². The minimum absolute atomic E-state index is 0.0113. The lowest BCUT2D eigenvalue weighted by Crippen LogP contribution is -2.29. The maximum Gasteiger partial charge on any atom is 0.336 e. The lowest BCUT2D eigenvalue weighted by atomic mass is 9.79. The van der Waals surface area contributed by atoms with Crippen molar-refractivity contribution < 1.29 is 23.5 Å². The molecule has 35 heavy (non-hydrogen) atoms. The van der Waals surface area contributed by atoms with Gasteiger partial charge < -0.3 is 14.8 Å². The lowest BCUT2D eigenvalue weighted by molar-refractivity contribution is -0.136. The summed E-state index contributed by atoms with van der Waals surface area (Å²) in [6, 6.07) is 19.1. The van der Waals surface area contributed by atoms with Gasteiger partial charge in [0.1, 0.15) is 18.2 Å². The number of hydrogen-bond donors (Lipinski definition) is 1. The van der Waals surface area contributed by atoms with Crippen molar-refractivity contribution in [2.75, 3.05) is 7.11 Å². The Kier molecular flexibility index (Phi) is 6.03. The minimum atomic E-state index is -0.744. The smallest absolute Gasteiger partial charge is 0.336 e.